The minimum absolute atomic E-state index is 0.229. The molecule has 0 unspecified atom stereocenters. The lowest BCUT2D eigenvalue weighted by atomic mass is 10.2. The molecule has 0 saturated heterocycles. The van der Waals surface area contributed by atoms with Crippen molar-refractivity contribution in [2.45, 2.75) is 19.9 Å². The highest BCUT2D eigenvalue weighted by Crippen LogP contribution is 2.28. The molecule has 0 saturated carbocycles. The lowest BCUT2D eigenvalue weighted by molar-refractivity contribution is 0.780. The first-order chi connectivity index (χ1) is 12.2. The van der Waals surface area contributed by atoms with Crippen molar-refractivity contribution in [2.75, 3.05) is 22.5 Å². The molecule has 2 aromatic carbocycles. The van der Waals surface area contributed by atoms with E-state index in [1.165, 1.54) is 16.8 Å². The van der Waals surface area contributed by atoms with E-state index in [0.29, 0.717) is 18.3 Å². The third-order valence-corrected chi connectivity index (χ3v) is 4.32. The summed E-state index contributed by atoms with van der Waals surface area (Å²) in [4.78, 5) is 15.3. The van der Waals surface area contributed by atoms with Crippen LogP contribution in [-0.4, -0.2) is 21.5 Å². The highest BCUT2D eigenvalue weighted by molar-refractivity contribution is 5.58. The average Bonchev–Trinajstić information content (AvgIpc) is 3.00. The minimum atomic E-state index is 0.229. The van der Waals surface area contributed by atoms with Crippen LogP contribution in [0.15, 0.2) is 48.5 Å². The number of benzene rings is 2. The van der Waals surface area contributed by atoms with Crippen molar-refractivity contribution in [2.24, 2.45) is 0 Å². The summed E-state index contributed by atoms with van der Waals surface area (Å²) in [6, 6.07) is 16.5. The molecule has 0 amide bonds. The van der Waals surface area contributed by atoms with Crippen LogP contribution in [0.3, 0.4) is 0 Å². The average molecular weight is 332 g/mol. The molecular formula is C19H20N6. The Morgan fingerprint density at radius 3 is 2.68 bits per heavy atom. The van der Waals surface area contributed by atoms with E-state index in [-0.39, 0.29) is 5.95 Å². The van der Waals surface area contributed by atoms with Crippen molar-refractivity contribution in [1.82, 2.24) is 15.0 Å². The summed E-state index contributed by atoms with van der Waals surface area (Å²) in [5, 5.41) is 3.20. The first kappa shape index (κ1) is 15.4. The summed E-state index contributed by atoms with van der Waals surface area (Å²) in [6.45, 7) is 3.63. The second kappa shape index (κ2) is 6.39. The fourth-order valence-corrected chi connectivity index (χ4v) is 3.07. The molecule has 6 heteroatoms. The van der Waals surface area contributed by atoms with Gasteiger partial charge in [0.25, 0.3) is 0 Å². The molecule has 0 aliphatic carbocycles. The number of aromatic nitrogens is 3. The summed E-state index contributed by atoms with van der Waals surface area (Å²) in [7, 11) is 0. The van der Waals surface area contributed by atoms with Gasteiger partial charge in [-0.2, -0.15) is 15.0 Å². The zero-order valence-corrected chi connectivity index (χ0v) is 14.1. The van der Waals surface area contributed by atoms with E-state index >= 15 is 0 Å². The molecule has 1 aromatic heterocycles. The molecule has 1 aliphatic heterocycles. The molecule has 4 rings (SSSR count). The maximum atomic E-state index is 5.89. The van der Waals surface area contributed by atoms with Crippen LogP contribution in [0.5, 0.6) is 0 Å². The van der Waals surface area contributed by atoms with Crippen molar-refractivity contribution in [3.05, 3.63) is 65.5 Å². The first-order valence-electron chi connectivity index (χ1n) is 8.34. The van der Waals surface area contributed by atoms with Crippen LogP contribution in [0.2, 0.25) is 0 Å². The maximum Gasteiger partial charge on any atom is 0.232 e. The van der Waals surface area contributed by atoms with Gasteiger partial charge >= 0.3 is 0 Å². The van der Waals surface area contributed by atoms with Gasteiger partial charge in [-0.25, -0.2) is 0 Å². The number of para-hydroxylation sites is 1. The number of anilines is 4. The molecule has 25 heavy (non-hydrogen) atoms. The van der Waals surface area contributed by atoms with Gasteiger partial charge in [0.1, 0.15) is 0 Å². The fourth-order valence-electron chi connectivity index (χ4n) is 3.07. The normalized spacial score (nSPS) is 12.9. The van der Waals surface area contributed by atoms with Crippen LogP contribution in [0, 0.1) is 6.92 Å². The van der Waals surface area contributed by atoms with Crippen LogP contribution in [0.25, 0.3) is 0 Å². The second-order valence-electron chi connectivity index (χ2n) is 6.22. The third-order valence-electron chi connectivity index (χ3n) is 4.32. The van der Waals surface area contributed by atoms with E-state index in [2.05, 4.69) is 56.4 Å². The largest absolute Gasteiger partial charge is 0.368 e. The highest BCUT2D eigenvalue weighted by Gasteiger charge is 2.19. The standard InChI is InChI=1S/C19H20N6/c1-13-6-8-15(9-7-13)21-19-23-17(22-18(20)24-19)12-25-11-10-14-4-2-3-5-16(14)25/h2-9H,10-12H2,1H3,(H3,20,21,22,23,24). The van der Waals surface area contributed by atoms with Gasteiger partial charge < -0.3 is 16.0 Å². The number of nitrogens with two attached hydrogens (primary N) is 1. The molecule has 0 spiro atoms. The molecule has 126 valence electrons. The summed E-state index contributed by atoms with van der Waals surface area (Å²) in [5.41, 5.74) is 10.6. The summed E-state index contributed by atoms with van der Waals surface area (Å²) >= 11 is 0. The fraction of sp³-hybridized carbons (Fsp3) is 0.211. The Morgan fingerprint density at radius 2 is 1.84 bits per heavy atom. The Morgan fingerprint density at radius 1 is 1.04 bits per heavy atom. The Kier molecular flexibility index (Phi) is 3.93. The van der Waals surface area contributed by atoms with Crippen LogP contribution in [0.4, 0.5) is 23.3 Å². The summed E-state index contributed by atoms with van der Waals surface area (Å²) < 4.78 is 0. The molecular weight excluding hydrogens is 312 g/mol. The van der Waals surface area contributed by atoms with Gasteiger partial charge in [0.2, 0.25) is 11.9 Å². The zero-order chi connectivity index (χ0) is 17.2. The van der Waals surface area contributed by atoms with E-state index in [0.717, 1.165) is 18.7 Å². The van der Waals surface area contributed by atoms with E-state index in [1.54, 1.807) is 0 Å². The van der Waals surface area contributed by atoms with Crippen LogP contribution >= 0.6 is 0 Å². The van der Waals surface area contributed by atoms with Crippen molar-refractivity contribution in [1.29, 1.82) is 0 Å². The quantitative estimate of drug-likeness (QED) is 0.764. The van der Waals surface area contributed by atoms with Gasteiger partial charge in [0, 0.05) is 17.9 Å². The number of aryl methyl sites for hydroxylation is 1. The lowest BCUT2D eigenvalue weighted by Crippen LogP contribution is -2.22. The molecule has 1 aliphatic rings. The van der Waals surface area contributed by atoms with Gasteiger partial charge in [-0.3, -0.25) is 0 Å². The Hall–Kier alpha value is -3.15. The number of hydrogen-bond acceptors (Lipinski definition) is 6. The highest BCUT2D eigenvalue weighted by atomic mass is 15.2. The molecule has 0 bridgehead atoms. The van der Waals surface area contributed by atoms with Gasteiger partial charge in [0.15, 0.2) is 5.82 Å². The smallest absolute Gasteiger partial charge is 0.232 e. The Labute approximate surface area is 146 Å². The molecule has 3 N–H and O–H groups in total. The van der Waals surface area contributed by atoms with Crippen LogP contribution in [0.1, 0.15) is 17.0 Å². The zero-order valence-electron chi connectivity index (χ0n) is 14.1. The lowest BCUT2D eigenvalue weighted by Gasteiger charge is -2.18. The third kappa shape index (κ3) is 3.38. The second-order valence-corrected chi connectivity index (χ2v) is 6.22. The monoisotopic (exact) mass is 332 g/mol. The molecule has 6 nitrogen and oxygen atoms in total. The van der Waals surface area contributed by atoms with Crippen LogP contribution < -0.4 is 16.0 Å². The van der Waals surface area contributed by atoms with E-state index in [4.69, 9.17) is 5.73 Å². The molecule has 0 atom stereocenters. The predicted octanol–water partition coefficient (Wildman–Crippen LogP) is 3.07. The predicted molar refractivity (Wildman–Crippen MR) is 99.9 cm³/mol. The van der Waals surface area contributed by atoms with Crippen LogP contribution in [-0.2, 0) is 13.0 Å². The van der Waals surface area contributed by atoms with E-state index < -0.39 is 0 Å². The van der Waals surface area contributed by atoms with Crippen molar-refractivity contribution in [3.8, 4) is 0 Å². The SMILES string of the molecule is Cc1ccc(Nc2nc(N)nc(CN3CCc4ccccc43)n2)cc1. The molecule has 0 radical (unpaired) electrons. The summed E-state index contributed by atoms with van der Waals surface area (Å²) in [5.74, 6) is 1.37. The Balaban J connectivity index is 1.55. The molecule has 0 fully saturated rings. The number of nitrogens with one attached hydrogen (secondary N) is 1. The number of rotatable bonds is 4. The van der Waals surface area contributed by atoms with Crippen molar-refractivity contribution >= 4 is 23.3 Å². The topological polar surface area (TPSA) is 80.0 Å². The van der Waals surface area contributed by atoms with Crippen molar-refractivity contribution in [3.63, 3.8) is 0 Å². The Bertz CT molecular complexity index is 891. The van der Waals surface area contributed by atoms with E-state index in [1.807, 2.05) is 24.3 Å². The van der Waals surface area contributed by atoms with Gasteiger partial charge in [-0.1, -0.05) is 35.9 Å². The summed E-state index contributed by atoms with van der Waals surface area (Å²) in [6.07, 6.45) is 1.05. The van der Waals surface area contributed by atoms with E-state index in [9.17, 15) is 0 Å². The van der Waals surface area contributed by atoms with Gasteiger partial charge in [-0.15, -0.1) is 0 Å². The molecule has 3 aromatic rings. The van der Waals surface area contributed by atoms with Crippen molar-refractivity contribution < 1.29 is 0 Å². The number of nitrogen functional groups attached to an aromatic ring is 1. The van der Waals surface area contributed by atoms with Gasteiger partial charge in [-0.05, 0) is 37.1 Å². The van der Waals surface area contributed by atoms with Gasteiger partial charge in [0.05, 0.1) is 6.54 Å². The first-order valence-corrected chi connectivity index (χ1v) is 8.34. The maximum absolute atomic E-state index is 5.89. The number of fused-ring (bicyclic) bond motifs is 1. The number of hydrogen-bond donors (Lipinski definition) is 2. The molecule has 2 heterocycles. The number of nitrogens with zero attached hydrogens (tertiary/aromatic N) is 4. The minimum Gasteiger partial charge on any atom is -0.368 e.